The maximum absolute atomic E-state index is 12.7. The highest BCUT2D eigenvalue weighted by Crippen LogP contribution is 2.48. The molecule has 24 heavy (non-hydrogen) atoms. The summed E-state index contributed by atoms with van der Waals surface area (Å²) in [5, 5.41) is 0. The summed E-state index contributed by atoms with van der Waals surface area (Å²) < 4.78 is 5.45. The molecule has 0 N–H and O–H groups in total. The van der Waals surface area contributed by atoms with Gasteiger partial charge in [0.25, 0.3) is 0 Å². The van der Waals surface area contributed by atoms with E-state index in [9.17, 15) is 4.79 Å². The van der Waals surface area contributed by atoms with E-state index in [1.165, 1.54) is 24.1 Å². The van der Waals surface area contributed by atoms with Gasteiger partial charge in [-0.25, -0.2) is 0 Å². The Morgan fingerprint density at radius 3 is 2.75 bits per heavy atom. The first-order valence-corrected chi connectivity index (χ1v) is 8.85. The number of nitrogens with zero attached hydrogens (tertiary/aromatic N) is 2. The molecule has 1 saturated carbocycles. The molecule has 2 aromatic rings. The summed E-state index contributed by atoms with van der Waals surface area (Å²) in [4.78, 5) is 17.0. The van der Waals surface area contributed by atoms with Crippen molar-refractivity contribution < 1.29 is 9.21 Å². The van der Waals surface area contributed by atoms with Gasteiger partial charge in [0.05, 0.1) is 6.26 Å². The molecule has 1 aliphatic carbocycles. The van der Waals surface area contributed by atoms with Crippen LogP contribution >= 0.6 is 0 Å². The summed E-state index contributed by atoms with van der Waals surface area (Å²) in [6, 6.07) is 12.4. The molecule has 4 heteroatoms. The summed E-state index contributed by atoms with van der Waals surface area (Å²) in [6.45, 7) is 2.92. The molecule has 1 amide bonds. The Morgan fingerprint density at radius 1 is 1.21 bits per heavy atom. The van der Waals surface area contributed by atoms with Crippen LogP contribution < -0.4 is 4.90 Å². The molecule has 4 rings (SSSR count). The number of carbonyl (C=O) groups excluding carboxylic acids is 1. The van der Waals surface area contributed by atoms with Gasteiger partial charge in [-0.05, 0) is 43.0 Å². The predicted molar refractivity (Wildman–Crippen MR) is 93.9 cm³/mol. The van der Waals surface area contributed by atoms with Crippen molar-refractivity contribution in [3.8, 4) is 0 Å². The molecule has 2 fully saturated rings. The SMILES string of the molecule is CN(Cc1ccccc1N1CCCC1)C(=O)C1CC1c1ccco1. The zero-order chi connectivity index (χ0) is 16.5. The quantitative estimate of drug-likeness (QED) is 0.842. The maximum Gasteiger partial charge on any atom is 0.226 e. The van der Waals surface area contributed by atoms with Crippen LogP contribution in [0.2, 0.25) is 0 Å². The molecule has 1 aromatic carbocycles. The molecule has 1 saturated heterocycles. The molecule has 0 radical (unpaired) electrons. The van der Waals surface area contributed by atoms with E-state index < -0.39 is 0 Å². The molecular formula is C20H24N2O2. The number of anilines is 1. The number of hydrogen-bond donors (Lipinski definition) is 0. The molecule has 126 valence electrons. The lowest BCUT2D eigenvalue weighted by Gasteiger charge is -2.24. The molecule has 4 nitrogen and oxygen atoms in total. The van der Waals surface area contributed by atoms with Crippen LogP contribution in [0.4, 0.5) is 5.69 Å². The standard InChI is InChI=1S/C20H24N2O2/c1-21(20(23)17-13-16(17)19-9-6-12-24-19)14-15-7-2-3-8-18(15)22-10-4-5-11-22/h2-3,6-9,12,16-17H,4-5,10-11,13-14H2,1H3. The van der Waals surface area contributed by atoms with Gasteiger partial charge in [-0.3, -0.25) is 4.79 Å². The van der Waals surface area contributed by atoms with Crippen molar-refractivity contribution in [3.05, 3.63) is 54.0 Å². The highest BCUT2D eigenvalue weighted by molar-refractivity contribution is 5.82. The lowest BCUT2D eigenvalue weighted by molar-refractivity contribution is -0.131. The average Bonchev–Trinajstić information content (AvgIpc) is 3.03. The number of para-hydroxylation sites is 1. The van der Waals surface area contributed by atoms with Gasteiger partial charge < -0.3 is 14.2 Å². The number of rotatable bonds is 5. The lowest BCUT2D eigenvalue weighted by Crippen LogP contribution is -2.29. The fraction of sp³-hybridized carbons (Fsp3) is 0.450. The minimum Gasteiger partial charge on any atom is -0.469 e. The van der Waals surface area contributed by atoms with Gasteiger partial charge in [0.1, 0.15) is 5.76 Å². The molecular weight excluding hydrogens is 300 g/mol. The molecule has 0 spiro atoms. The lowest BCUT2D eigenvalue weighted by atomic mass is 10.1. The third-order valence-electron chi connectivity index (χ3n) is 5.24. The van der Waals surface area contributed by atoms with Gasteiger partial charge in [-0.15, -0.1) is 0 Å². The third kappa shape index (κ3) is 2.93. The normalized spacial score (nSPS) is 22.6. The van der Waals surface area contributed by atoms with E-state index in [0.717, 1.165) is 25.3 Å². The van der Waals surface area contributed by atoms with Crippen molar-refractivity contribution in [3.63, 3.8) is 0 Å². The van der Waals surface area contributed by atoms with E-state index >= 15 is 0 Å². The Balaban J connectivity index is 1.43. The Hall–Kier alpha value is -2.23. The molecule has 2 unspecified atom stereocenters. The van der Waals surface area contributed by atoms with Crippen LogP contribution in [0.15, 0.2) is 47.1 Å². The third-order valence-corrected chi connectivity index (χ3v) is 5.24. The zero-order valence-corrected chi connectivity index (χ0v) is 14.1. The van der Waals surface area contributed by atoms with Gasteiger partial charge in [0.2, 0.25) is 5.91 Å². The number of carbonyl (C=O) groups is 1. The van der Waals surface area contributed by atoms with Crippen LogP contribution in [-0.2, 0) is 11.3 Å². The molecule has 2 aliphatic rings. The first kappa shape index (κ1) is 15.3. The van der Waals surface area contributed by atoms with E-state index in [-0.39, 0.29) is 17.7 Å². The minimum atomic E-state index is 0.0834. The second-order valence-electron chi connectivity index (χ2n) is 6.98. The second-order valence-corrected chi connectivity index (χ2v) is 6.98. The Kier molecular flexibility index (Phi) is 4.05. The van der Waals surface area contributed by atoms with E-state index in [2.05, 4.69) is 29.2 Å². The van der Waals surface area contributed by atoms with Crippen molar-refractivity contribution in [2.24, 2.45) is 5.92 Å². The monoisotopic (exact) mass is 324 g/mol. The number of hydrogen-bond acceptors (Lipinski definition) is 3. The first-order valence-electron chi connectivity index (χ1n) is 8.85. The average molecular weight is 324 g/mol. The predicted octanol–water partition coefficient (Wildman–Crippen LogP) is 3.64. The van der Waals surface area contributed by atoms with E-state index in [0.29, 0.717) is 6.54 Å². The highest BCUT2D eigenvalue weighted by Gasteiger charge is 2.47. The first-order chi connectivity index (χ1) is 11.7. The maximum atomic E-state index is 12.7. The Morgan fingerprint density at radius 2 is 2.00 bits per heavy atom. The van der Waals surface area contributed by atoms with Crippen molar-refractivity contribution in [1.29, 1.82) is 0 Å². The largest absolute Gasteiger partial charge is 0.469 e. The van der Waals surface area contributed by atoms with Gasteiger partial charge in [0.15, 0.2) is 0 Å². The molecule has 2 atom stereocenters. The number of amides is 1. The van der Waals surface area contributed by atoms with Gasteiger partial charge >= 0.3 is 0 Å². The second kappa shape index (κ2) is 6.34. The van der Waals surface area contributed by atoms with Crippen LogP contribution in [0.25, 0.3) is 0 Å². The van der Waals surface area contributed by atoms with Gasteiger partial charge in [-0.1, -0.05) is 18.2 Å². The number of furan rings is 1. The highest BCUT2D eigenvalue weighted by atomic mass is 16.3. The summed E-state index contributed by atoms with van der Waals surface area (Å²) in [7, 11) is 1.92. The van der Waals surface area contributed by atoms with Crippen molar-refractivity contribution >= 4 is 11.6 Å². The van der Waals surface area contributed by atoms with Crippen LogP contribution in [0.3, 0.4) is 0 Å². The van der Waals surface area contributed by atoms with Gasteiger partial charge in [0, 0.05) is 44.2 Å². The summed E-state index contributed by atoms with van der Waals surface area (Å²) >= 11 is 0. The van der Waals surface area contributed by atoms with Crippen LogP contribution in [0.1, 0.15) is 36.5 Å². The number of benzene rings is 1. The van der Waals surface area contributed by atoms with Crippen molar-refractivity contribution in [2.75, 3.05) is 25.0 Å². The van der Waals surface area contributed by atoms with Crippen LogP contribution in [0.5, 0.6) is 0 Å². The summed E-state index contributed by atoms with van der Waals surface area (Å²) in [6.07, 6.45) is 5.11. The zero-order valence-electron chi connectivity index (χ0n) is 14.1. The molecule has 0 bridgehead atoms. The summed E-state index contributed by atoms with van der Waals surface area (Å²) in [5.41, 5.74) is 2.53. The Labute approximate surface area is 143 Å². The van der Waals surface area contributed by atoms with Gasteiger partial charge in [-0.2, -0.15) is 0 Å². The Bertz CT molecular complexity index is 704. The fourth-order valence-electron chi connectivity index (χ4n) is 3.81. The fourth-order valence-corrected chi connectivity index (χ4v) is 3.81. The van der Waals surface area contributed by atoms with E-state index in [1.54, 1.807) is 6.26 Å². The van der Waals surface area contributed by atoms with E-state index in [1.807, 2.05) is 24.1 Å². The molecule has 2 heterocycles. The smallest absolute Gasteiger partial charge is 0.226 e. The molecule has 1 aliphatic heterocycles. The van der Waals surface area contributed by atoms with Crippen LogP contribution in [0, 0.1) is 5.92 Å². The van der Waals surface area contributed by atoms with Crippen LogP contribution in [-0.4, -0.2) is 30.9 Å². The minimum absolute atomic E-state index is 0.0834. The topological polar surface area (TPSA) is 36.7 Å². The van der Waals surface area contributed by atoms with Crippen molar-refractivity contribution in [2.45, 2.75) is 31.7 Å². The van der Waals surface area contributed by atoms with Crippen molar-refractivity contribution in [1.82, 2.24) is 4.90 Å². The van der Waals surface area contributed by atoms with E-state index in [4.69, 9.17) is 4.42 Å². The summed E-state index contributed by atoms with van der Waals surface area (Å²) in [5.74, 6) is 1.52. The molecule has 1 aromatic heterocycles.